The van der Waals surface area contributed by atoms with Crippen LogP contribution in [-0.4, -0.2) is 6.29 Å². The van der Waals surface area contributed by atoms with E-state index in [0.29, 0.717) is 0 Å². The smallest absolute Gasteiger partial charge is 0.225 e. The minimum absolute atomic E-state index is 1.02. The summed E-state index contributed by atoms with van der Waals surface area (Å²) in [6, 6.07) is 0. The molecule has 0 bridgehead atoms. The summed E-state index contributed by atoms with van der Waals surface area (Å²) in [5.41, 5.74) is 0. The second-order valence-corrected chi connectivity index (χ2v) is 2.37. The molecule has 0 aromatic carbocycles. The maximum absolute atomic E-state index is 9.68. The lowest BCUT2D eigenvalue weighted by Gasteiger charge is -1.92. The summed E-state index contributed by atoms with van der Waals surface area (Å²) in [4.78, 5) is 9.68. The van der Waals surface area contributed by atoms with Crippen molar-refractivity contribution >= 4 is 6.29 Å². The lowest BCUT2D eigenvalue weighted by molar-refractivity contribution is 0.564. The first kappa shape index (κ1) is 9.41. The van der Waals surface area contributed by atoms with Crippen molar-refractivity contribution in [3.8, 4) is 0 Å². The molecular formula is C9H15O. The fourth-order valence-electron chi connectivity index (χ4n) is 0.820. The van der Waals surface area contributed by atoms with Gasteiger partial charge in [-0.25, -0.2) is 0 Å². The van der Waals surface area contributed by atoms with Crippen LogP contribution in [0.4, 0.5) is 0 Å². The molecule has 0 aromatic rings. The van der Waals surface area contributed by atoms with Gasteiger partial charge in [0.05, 0.1) is 0 Å². The van der Waals surface area contributed by atoms with Gasteiger partial charge in [-0.2, -0.15) is 0 Å². The summed E-state index contributed by atoms with van der Waals surface area (Å²) in [6.07, 6.45) is 11.1. The molecular weight excluding hydrogens is 124 g/mol. The third kappa shape index (κ3) is 7.41. The lowest BCUT2D eigenvalue weighted by Crippen LogP contribution is -1.73. The van der Waals surface area contributed by atoms with Gasteiger partial charge in [0, 0.05) is 0 Å². The predicted molar refractivity (Wildman–Crippen MR) is 43.6 cm³/mol. The third-order valence-electron chi connectivity index (χ3n) is 1.41. The number of rotatable bonds is 6. The fraction of sp³-hybridized carbons (Fsp3) is 0.667. The molecule has 0 rings (SSSR count). The number of allylic oxidation sites excluding steroid dienone is 2. The van der Waals surface area contributed by atoms with Gasteiger partial charge in [0.25, 0.3) is 0 Å². The van der Waals surface area contributed by atoms with E-state index in [9.17, 15) is 4.79 Å². The topological polar surface area (TPSA) is 17.1 Å². The molecule has 0 aliphatic heterocycles. The molecule has 0 aromatic heterocycles. The van der Waals surface area contributed by atoms with Crippen LogP contribution in [0.25, 0.3) is 0 Å². The summed E-state index contributed by atoms with van der Waals surface area (Å²) in [5, 5.41) is 0. The van der Waals surface area contributed by atoms with Crippen LogP contribution < -0.4 is 0 Å². The molecule has 0 atom stereocenters. The first-order valence-electron chi connectivity index (χ1n) is 3.94. The summed E-state index contributed by atoms with van der Waals surface area (Å²) >= 11 is 0. The number of carbonyl (C=O) groups excluding carboxylic acids is 1. The van der Waals surface area contributed by atoms with Crippen LogP contribution in [0, 0.1) is 0 Å². The van der Waals surface area contributed by atoms with E-state index in [1.165, 1.54) is 31.8 Å². The largest absolute Gasteiger partial charge is 0.286 e. The van der Waals surface area contributed by atoms with E-state index in [0.717, 1.165) is 6.42 Å². The average molecular weight is 139 g/mol. The van der Waals surface area contributed by atoms with Crippen molar-refractivity contribution in [1.29, 1.82) is 0 Å². The number of hydrogen-bond acceptors (Lipinski definition) is 1. The highest BCUT2D eigenvalue weighted by Gasteiger charge is 1.83. The molecule has 1 nitrogen and oxygen atoms in total. The molecule has 0 heterocycles. The Morgan fingerprint density at radius 2 is 2.10 bits per heavy atom. The van der Waals surface area contributed by atoms with E-state index in [4.69, 9.17) is 0 Å². The summed E-state index contributed by atoms with van der Waals surface area (Å²) in [7, 11) is 0. The monoisotopic (exact) mass is 139 g/mol. The Labute approximate surface area is 63.1 Å². The van der Waals surface area contributed by atoms with Crippen molar-refractivity contribution in [2.75, 3.05) is 0 Å². The van der Waals surface area contributed by atoms with Gasteiger partial charge in [0.15, 0.2) is 0 Å². The molecule has 0 saturated carbocycles. The minimum atomic E-state index is 1.02. The molecule has 0 spiro atoms. The molecule has 0 fully saturated rings. The first-order chi connectivity index (χ1) is 4.91. The van der Waals surface area contributed by atoms with E-state index in [1.807, 2.05) is 6.08 Å². The van der Waals surface area contributed by atoms with Gasteiger partial charge < -0.3 is 0 Å². The van der Waals surface area contributed by atoms with Gasteiger partial charge in [-0.3, -0.25) is 4.79 Å². The van der Waals surface area contributed by atoms with E-state index in [1.54, 1.807) is 6.29 Å². The number of unbranched alkanes of at least 4 members (excludes halogenated alkanes) is 4. The van der Waals surface area contributed by atoms with Crippen LogP contribution in [0.3, 0.4) is 0 Å². The zero-order valence-electron chi connectivity index (χ0n) is 6.60. The van der Waals surface area contributed by atoms with Gasteiger partial charge >= 0.3 is 0 Å². The zero-order chi connectivity index (χ0) is 7.66. The average Bonchev–Trinajstić information content (AvgIpc) is 1.97. The Balaban J connectivity index is 2.90. The highest BCUT2D eigenvalue weighted by molar-refractivity contribution is 5.65. The SMILES string of the molecule is CCCCCCC=C[C]=O. The first-order valence-corrected chi connectivity index (χ1v) is 3.94. The van der Waals surface area contributed by atoms with Crippen LogP contribution in [0.2, 0.25) is 0 Å². The van der Waals surface area contributed by atoms with Crippen LogP contribution >= 0.6 is 0 Å². The van der Waals surface area contributed by atoms with Crippen molar-refractivity contribution in [2.45, 2.75) is 39.0 Å². The Kier molecular flexibility index (Phi) is 7.91. The molecule has 0 aliphatic carbocycles. The van der Waals surface area contributed by atoms with Gasteiger partial charge in [0.1, 0.15) is 0 Å². The van der Waals surface area contributed by atoms with E-state index < -0.39 is 0 Å². The lowest BCUT2D eigenvalue weighted by atomic mass is 10.1. The maximum Gasteiger partial charge on any atom is 0.225 e. The van der Waals surface area contributed by atoms with Crippen LogP contribution in [0.15, 0.2) is 12.2 Å². The van der Waals surface area contributed by atoms with Crippen LogP contribution in [0.1, 0.15) is 39.0 Å². The predicted octanol–water partition coefficient (Wildman–Crippen LogP) is 2.62. The Bertz CT molecular complexity index is 94.9. The van der Waals surface area contributed by atoms with Gasteiger partial charge in [-0.1, -0.05) is 32.3 Å². The second kappa shape index (κ2) is 8.41. The van der Waals surface area contributed by atoms with E-state index in [-0.39, 0.29) is 0 Å². The van der Waals surface area contributed by atoms with E-state index >= 15 is 0 Å². The standard InChI is InChI=1S/C9H15O/c1-2-3-4-5-6-7-8-9-10/h7-8H,2-6H2,1H3. The molecule has 0 unspecified atom stereocenters. The minimum Gasteiger partial charge on any atom is -0.286 e. The van der Waals surface area contributed by atoms with Crippen LogP contribution in [-0.2, 0) is 4.79 Å². The Morgan fingerprint density at radius 3 is 2.70 bits per heavy atom. The fourth-order valence-corrected chi connectivity index (χ4v) is 0.820. The van der Waals surface area contributed by atoms with Crippen LogP contribution in [0.5, 0.6) is 0 Å². The summed E-state index contributed by atoms with van der Waals surface area (Å²) in [5.74, 6) is 0. The van der Waals surface area contributed by atoms with E-state index in [2.05, 4.69) is 6.92 Å². The summed E-state index contributed by atoms with van der Waals surface area (Å²) < 4.78 is 0. The molecule has 57 valence electrons. The molecule has 1 heteroatoms. The van der Waals surface area contributed by atoms with Crippen molar-refractivity contribution < 1.29 is 4.79 Å². The van der Waals surface area contributed by atoms with Crippen molar-refractivity contribution in [3.05, 3.63) is 12.2 Å². The highest BCUT2D eigenvalue weighted by atomic mass is 16.1. The van der Waals surface area contributed by atoms with Crippen molar-refractivity contribution in [1.82, 2.24) is 0 Å². The van der Waals surface area contributed by atoms with Crippen molar-refractivity contribution in [2.24, 2.45) is 0 Å². The maximum atomic E-state index is 9.68. The molecule has 0 saturated heterocycles. The van der Waals surface area contributed by atoms with Gasteiger partial charge in [0.2, 0.25) is 6.29 Å². The Hall–Kier alpha value is -0.590. The highest BCUT2D eigenvalue weighted by Crippen LogP contribution is 2.02. The van der Waals surface area contributed by atoms with Crippen molar-refractivity contribution in [3.63, 3.8) is 0 Å². The van der Waals surface area contributed by atoms with Gasteiger partial charge in [-0.15, -0.1) is 0 Å². The molecule has 10 heavy (non-hydrogen) atoms. The zero-order valence-corrected chi connectivity index (χ0v) is 6.60. The second-order valence-electron chi connectivity index (χ2n) is 2.37. The molecule has 0 N–H and O–H groups in total. The van der Waals surface area contributed by atoms with Gasteiger partial charge in [-0.05, 0) is 18.9 Å². The summed E-state index contributed by atoms with van der Waals surface area (Å²) in [6.45, 7) is 2.19. The molecule has 0 amide bonds. The third-order valence-corrected chi connectivity index (χ3v) is 1.41. The molecule has 1 radical (unpaired) electrons. The molecule has 0 aliphatic rings. The number of hydrogen-bond donors (Lipinski definition) is 0. The Morgan fingerprint density at radius 1 is 1.30 bits per heavy atom. The normalized spacial score (nSPS) is 10.5. The quantitative estimate of drug-likeness (QED) is 0.408.